The lowest BCUT2D eigenvalue weighted by Crippen LogP contribution is -2.13. The fraction of sp³-hybridized carbons (Fsp3) is 0.300. The Hall–Kier alpha value is -3.34. The summed E-state index contributed by atoms with van der Waals surface area (Å²) in [6.07, 6.45) is 1.90. The molecule has 0 N–H and O–H groups in total. The lowest BCUT2D eigenvalue weighted by Gasteiger charge is -2.09. The number of rotatable bonds is 6. The van der Waals surface area contributed by atoms with Crippen molar-refractivity contribution in [3.05, 3.63) is 52.4 Å². The summed E-state index contributed by atoms with van der Waals surface area (Å²) < 4.78 is 25.8. The number of carbonyl (C=O) groups is 1. The van der Waals surface area contributed by atoms with Crippen molar-refractivity contribution in [2.75, 3.05) is 6.26 Å². The van der Waals surface area contributed by atoms with Crippen molar-refractivity contribution in [2.24, 2.45) is 0 Å². The Kier molecular flexibility index (Phi) is 5.68. The first-order chi connectivity index (χ1) is 14.9. The molecule has 4 aromatic rings. The second-order valence-corrected chi connectivity index (χ2v) is 7.66. The molecule has 31 heavy (non-hydrogen) atoms. The van der Waals surface area contributed by atoms with Gasteiger partial charge in [-0.3, -0.25) is 4.79 Å². The Bertz CT molecular complexity index is 1290. The zero-order valence-electron chi connectivity index (χ0n) is 17.3. The minimum atomic E-state index is -0.473. The smallest absolute Gasteiger partial charge is 0.310 e. The maximum Gasteiger partial charge on any atom is 0.310 e. The highest BCUT2D eigenvalue weighted by Gasteiger charge is 2.18. The monoisotopic (exact) mass is 442 g/mol. The van der Waals surface area contributed by atoms with Gasteiger partial charge in [-0.05, 0) is 38.7 Å². The minimum absolute atomic E-state index is 0.0131. The van der Waals surface area contributed by atoms with Gasteiger partial charge in [0.15, 0.2) is 6.61 Å². The molecular formula is C20H19FN6O3S. The molecule has 3 heterocycles. The van der Waals surface area contributed by atoms with E-state index in [2.05, 4.69) is 25.2 Å². The molecule has 0 aliphatic rings. The molecular weight excluding hydrogens is 423 g/mol. The quantitative estimate of drug-likeness (QED) is 0.328. The Labute approximate surface area is 181 Å². The van der Waals surface area contributed by atoms with Crippen LogP contribution in [0.2, 0.25) is 0 Å². The molecule has 1 aromatic carbocycles. The van der Waals surface area contributed by atoms with E-state index in [4.69, 9.17) is 9.26 Å². The molecule has 4 rings (SSSR count). The van der Waals surface area contributed by atoms with Gasteiger partial charge in [0.05, 0.1) is 6.42 Å². The molecule has 0 saturated carbocycles. The molecule has 160 valence electrons. The standard InChI is InChI=1S/C20H19FN6O3S/c1-10-5-6-13(7-15(10)21)18-23-16(30-26-18)9-29-17(28)8-14-11(2)22-19-24-20(31-4)25-27(19)12(14)3/h5-7H,8-9H2,1-4H3. The van der Waals surface area contributed by atoms with E-state index in [-0.39, 0.29) is 30.6 Å². The summed E-state index contributed by atoms with van der Waals surface area (Å²) in [5.74, 6) is -0.000902. The number of ether oxygens (including phenoxy) is 1. The Morgan fingerprint density at radius 3 is 2.77 bits per heavy atom. The van der Waals surface area contributed by atoms with Gasteiger partial charge in [-0.2, -0.15) is 9.97 Å². The van der Waals surface area contributed by atoms with Crippen LogP contribution in [-0.4, -0.2) is 41.9 Å². The lowest BCUT2D eigenvalue weighted by molar-refractivity contribution is -0.144. The molecule has 0 radical (unpaired) electrons. The summed E-state index contributed by atoms with van der Waals surface area (Å²) in [7, 11) is 0. The molecule has 0 aliphatic heterocycles. The zero-order chi connectivity index (χ0) is 22.1. The van der Waals surface area contributed by atoms with Crippen LogP contribution in [0.4, 0.5) is 4.39 Å². The number of carbonyl (C=O) groups excluding carboxylic acids is 1. The molecule has 0 saturated heterocycles. The molecule has 0 aliphatic carbocycles. The van der Waals surface area contributed by atoms with E-state index in [0.29, 0.717) is 27.8 Å². The van der Waals surface area contributed by atoms with Crippen molar-refractivity contribution >= 4 is 23.5 Å². The average molecular weight is 442 g/mol. The third-order valence-corrected chi connectivity index (χ3v) is 5.33. The Morgan fingerprint density at radius 1 is 1.23 bits per heavy atom. The predicted molar refractivity (Wildman–Crippen MR) is 110 cm³/mol. The summed E-state index contributed by atoms with van der Waals surface area (Å²) in [6, 6.07) is 4.66. The first-order valence-corrected chi connectivity index (χ1v) is 10.6. The van der Waals surface area contributed by atoms with E-state index < -0.39 is 5.97 Å². The maximum atomic E-state index is 13.7. The van der Waals surface area contributed by atoms with E-state index in [0.717, 1.165) is 11.3 Å². The topological polar surface area (TPSA) is 108 Å². The minimum Gasteiger partial charge on any atom is -0.455 e. The van der Waals surface area contributed by atoms with Crippen LogP contribution in [0.3, 0.4) is 0 Å². The van der Waals surface area contributed by atoms with Gasteiger partial charge in [-0.25, -0.2) is 13.9 Å². The molecule has 0 atom stereocenters. The normalized spacial score (nSPS) is 11.3. The number of aromatic nitrogens is 6. The third-order valence-electron chi connectivity index (χ3n) is 4.79. The van der Waals surface area contributed by atoms with Gasteiger partial charge < -0.3 is 9.26 Å². The van der Waals surface area contributed by atoms with Crippen LogP contribution >= 0.6 is 11.8 Å². The molecule has 0 bridgehead atoms. The maximum absolute atomic E-state index is 13.7. The molecule has 3 aromatic heterocycles. The Balaban J connectivity index is 1.44. The molecule has 11 heteroatoms. The van der Waals surface area contributed by atoms with Gasteiger partial charge in [0.25, 0.3) is 11.7 Å². The van der Waals surface area contributed by atoms with Gasteiger partial charge >= 0.3 is 5.97 Å². The number of nitrogens with zero attached hydrogens (tertiary/aromatic N) is 6. The highest BCUT2D eigenvalue weighted by molar-refractivity contribution is 7.98. The van der Waals surface area contributed by atoms with Crippen LogP contribution in [0, 0.1) is 26.6 Å². The van der Waals surface area contributed by atoms with Gasteiger partial charge in [0.1, 0.15) is 5.82 Å². The number of benzene rings is 1. The molecule has 0 spiro atoms. The average Bonchev–Trinajstić information content (AvgIpc) is 3.38. The second kappa shape index (κ2) is 8.42. The summed E-state index contributed by atoms with van der Waals surface area (Å²) in [5.41, 5.74) is 3.18. The van der Waals surface area contributed by atoms with Crippen molar-refractivity contribution in [2.45, 2.75) is 39.0 Å². The third kappa shape index (κ3) is 4.26. The second-order valence-electron chi connectivity index (χ2n) is 6.88. The number of fused-ring (bicyclic) bond motifs is 1. The molecule has 0 amide bonds. The molecule has 9 nitrogen and oxygen atoms in total. The van der Waals surface area contributed by atoms with Crippen molar-refractivity contribution < 1.29 is 18.4 Å². The highest BCUT2D eigenvalue weighted by atomic mass is 32.2. The lowest BCUT2D eigenvalue weighted by atomic mass is 10.1. The van der Waals surface area contributed by atoms with Crippen molar-refractivity contribution in [3.8, 4) is 11.4 Å². The van der Waals surface area contributed by atoms with Gasteiger partial charge in [0, 0.05) is 22.5 Å². The van der Waals surface area contributed by atoms with E-state index >= 15 is 0 Å². The van der Waals surface area contributed by atoms with E-state index in [1.807, 2.05) is 20.1 Å². The summed E-state index contributed by atoms with van der Waals surface area (Å²) in [5, 5.41) is 8.79. The van der Waals surface area contributed by atoms with Crippen LogP contribution in [0.15, 0.2) is 27.9 Å². The van der Waals surface area contributed by atoms with Crippen LogP contribution in [0.1, 0.15) is 28.4 Å². The number of hydrogen-bond donors (Lipinski definition) is 0. The number of esters is 1. The van der Waals surface area contributed by atoms with Crippen LogP contribution < -0.4 is 0 Å². The zero-order valence-corrected chi connectivity index (χ0v) is 18.2. The summed E-state index contributed by atoms with van der Waals surface area (Å²) in [6.45, 7) is 5.15. The molecule has 0 fully saturated rings. The Morgan fingerprint density at radius 2 is 2.03 bits per heavy atom. The SMILES string of the molecule is CSc1nc2nc(C)c(CC(=O)OCc3nc(-c4ccc(C)c(F)c4)no3)c(C)n2n1. The summed E-state index contributed by atoms with van der Waals surface area (Å²) in [4.78, 5) is 25.3. The van der Waals surface area contributed by atoms with Crippen molar-refractivity contribution in [1.29, 1.82) is 0 Å². The number of hydrogen-bond acceptors (Lipinski definition) is 9. The fourth-order valence-electron chi connectivity index (χ4n) is 3.03. The van der Waals surface area contributed by atoms with E-state index in [1.54, 1.807) is 23.6 Å². The van der Waals surface area contributed by atoms with Crippen LogP contribution in [-0.2, 0) is 22.6 Å². The summed E-state index contributed by atoms with van der Waals surface area (Å²) >= 11 is 1.42. The number of thioether (sulfide) groups is 1. The number of halogens is 1. The first kappa shape index (κ1) is 20.9. The first-order valence-electron chi connectivity index (χ1n) is 9.37. The van der Waals surface area contributed by atoms with Gasteiger partial charge in [-0.15, -0.1) is 5.10 Å². The fourth-order valence-corrected chi connectivity index (χ4v) is 3.37. The van der Waals surface area contributed by atoms with Crippen LogP contribution in [0.5, 0.6) is 0 Å². The van der Waals surface area contributed by atoms with Gasteiger partial charge in [0.2, 0.25) is 11.0 Å². The van der Waals surface area contributed by atoms with E-state index in [9.17, 15) is 9.18 Å². The van der Waals surface area contributed by atoms with Crippen molar-refractivity contribution in [1.82, 2.24) is 29.7 Å². The molecule has 0 unspecified atom stereocenters. The van der Waals surface area contributed by atoms with Crippen molar-refractivity contribution in [3.63, 3.8) is 0 Å². The van der Waals surface area contributed by atoms with Crippen LogP contribution in [0.25, 0.3) is 17.2 Å². The highest BCUT2D eigenvalue weighted by Crippen LogP contribution is 2.20. The number of aryl methyl sites for hydroxylation is 3. The largest absolute Gasteiger partial charge is 0.455 e. The van der Waals surface area contributed by atoms with E-state index in [1.165, 1.54) is 17.8 Å². The predicted octanol–water partition coefficient (Wildman–Crippen LogP) is 3.25. The van der Waals surface area contributed by atoms with Gasteiger partial charge in [-0.1, -0.05) is 29.1 Å².